The normalized spacial score (nSPS) is 10.8. The van der Waals surface area contributed by atoms with Crippen molar-refractivity contribution in [1.29, 1.82) is 0 Å². The summed E-state index contributed by atoms with van der Waals surface area (Å²) in [6.45, 7) is 1.26. The summed E-state index contributed by atoms with van der Waals surface area (Å²) in [5.41, 5.74) is -0.734. The van der Waals surface area contributed by atoms with Gasteiger partial charge >= 0.3 is 5.69 Å². The molecule has 22 heavy (non-hydrogen) atoms. The molecule has 0 N–H and O–H groups in total. The second-order valence-electron chi connectivity index (χ2n) is 5.00. The SMILES string of the molecule is CC(=O)c1c(Cc2ccc(I)cc2F)n(C)c(=O)n(C)c1=O. The zero-order valence-corrected chi connectivity index (χ0v) is 14.5. The smallest absolute Gasteiger partial charge is 0.300 e. The van der Waals surface area contributed by atoms with Gasteiger partial charge in [0, 0.05) is 29.8 Å². The van der Waals surface area contributed by atoms with Gasteiger partial charge in [0.05, 0.1) is 0 Å². The van der Waals surface area contributed by atoms with E-state index in [4.69, 9.17) is 0 Å². The molecule has 0 bridgehead atoms. The van der Waals surface area contributed by atoms with Crippen LogP contribution in [-0.4, -0.2) is 14.9 Å². The van der Waals surface area contributed by atoms with E-state index in [0.29, 0.717) is 5.56 Å². The standard InChI is InChI=1S/C15H14FIN2O3/c1-8(20)13-12(18(2)15(22)19(3)14(13)21)6-9-4-5-10(17)7-11(9)16/h4-5,7H,6H2,1-3H3. The van der Waals surface area contributed by atoms with E-state index in [0.717, 1.165) is 8.14 Å². The molecule has 116 valence electrons. The quantitative estimate of drug-likeness (QED) is 0.565. The Morgan fingerprint density at radius 3 is 2.41 bits per heavy atom. The number of rotatable bonds is 3. The monoisotopic (exact) mass is 416 g/mol. The summed E-state index contributed by atoms with van der Waals surface area (Å²) >= 11 is 1.99. The van der Waals surface area contributed by atoms with Crippen molar-refractivity contribution in [2.24, 2.45) is 14.1 Å². The summed E-state index contributed by atoms with van der Waals surface area (Å²) in [5, 5.41) is 0. The Hall–Kier alpha value is -1.77. The molecule has 0 aliphatic heterocycles. The van der Waals surface area contributed by atoms with Gasteiger partial charge in [0.2, 0.25) is 0 Å². The highest BCUT2D eigenvalue weighted by atomic mass is 127. The molecule has 0 fully saturated rings. The molecule has 0 spiro atoms. The van der Waals surface area contributed by atoms with Gasteiger partial charge in [-0.1, -0.05) is 6.07 Å². The number of hydrogen-bond acceptors (Lipinski definition) is 3. The summed E-state index contributed by atoms with van der Waals surface area (Å²) in [4.78, 5) is 36.0. The van der Waals surface area contributed by atoms with E-state index in [1.807, 2.05) is 22.6 Å². The molecule has 0 saturated heterocycles. The summed E-state index contributed by atoms with van der Waals surface area (Å²) < 4.78 is 16.9. The number of halogens is 2. The number of Topliss-reactive ketones (excluding diaryl/α,β-unsaturated/α-hetero) is 1. The van der Waals surface area contributed by atoms with E-state index in [1.54, 1.807) is 12.1 Å². The maximum Gasteiger partial charge on any atom is 0.330 e. The van der Waals surface area contributed by atoms with Gasteiger partial charge < -0.3 is 0 Å². The van der Waals surface area contributed by atoms with E-state index >= 15 is 0 Å². The second kappa shape index (κ2) is 6.15. The van der Waals surface area contributed by atoms with Crippen molar-refractivity contribution in [2.45, 2.75) is 13.3 Å². The van der Waals surface area contributed by atoms with Gasteiger partial charge in [0.15, 0.2) is 5.78 Å². The van der Waals surface area contributed by atoms with Crippen LogP contribution in [0.1, 0.15) is 28.5 Å². The van der Waals surface area contributed by atoms with Crippen LogP contribution in [0.5, 0.6) is 0 Å². The number of benzene rings is 1. The number of nitrogens with zero attached hydrogens (tertiary/aromatic N) is 2. The van der Waals surface area contributed by atoms with Gasteiger partial charge in [0.1, 0.15) is 11.4 Å². The van der Waals surface area contributed by atoms with E-state index < -0.39 is 22.8 Å². The minimum Gasteiger partial charge on any atom is -0.300 e. The third-order valence-corrected chi connectivity index (χ3v) is 4.18. The van der Waals surface area contributed by atoms with Gasteiger partial charge in [-0.3, -0.25) is 18.7 Å². The number of ketones is 1. The van der Waals surface area contributed by atoms with Gasteiger partial charge in [0.25, 0.3) is 5.56 Å². The Labute approximate surface area is 139 Å². The fraction of sp³-hybridized carbons (Fsp3) is 0.267. The molecular formula is C15H14FIN2O3. The van der Waals surface area contributed by atoms with Crippen LogP contribution < -0.4 is 11.2 Å². The first-order chi connectivity index (χ1) is 10.2. The Balaban J connectivity index is 2.72. The van der Waals surface area contributed by atoms with Crippen LogP contribution in [0.4, 0.5) is 4.39 Å². The lowest BCUT2D eigenvalue weighted by Gasteiger charge is -2.14. The number of hydrogen-bond donors (Lipinski definition) is 0. The molecule has 0 aliphatic carbocycles. The highest BCUT2D eigenvalue weighted by Crippen LogP contribution is 2.17. The predicted molar refractivity (Wildman–Crippen MR) is 88.9 cm³/mol. The molecule has 0 amide bonds. The van der Waals surface area contributed by atoms with Crippen molar-refractivity contribution in [2.75, 3.05) is 0 Å². The molecular weight excluding hydrogens is 402 g/mol. The Bertz CT molecular complexity index is 884. The number of carbonyl (C=O) groups excluding carboxylic acids is 1. The van der Waals surface area contributed by atoms with Crippen LogP contribution in [0.15, 0.2) is 27.8 Å². The highest BCUT2D eigenvalue weighted by Gasteiger charge is 2.20. The Kier molecular flexibility index (Phi) is 4.64. The molecule has 2 aromatic rings. The molecule has 0 radical (unpaired) electrons. The maximum atomic E-state index is 14.0. The summed E-state index contributed by atoms with van der Waals surface area (Å²) in [5.74, 6) is -0.883. The topological polar surface area (TPSA) is 61.1 Å². The Morgan fingerprint density at radius 1 is 1.23 bits per heavy atom. The molecule has 0 saturated carbocycles. The van der Waals surface area contributed by atoms with E-state index in [1.165, 1.54) is 31.7 Å². The molecule has 1 aromatic heterocycles. The van der Waals surface area contributed by atoms with E-state index in [9.17, 15) is 18.8 Å². The average molecular weight is 416 g/mol. The zero-order valence-electron chi connectivity index (χ0n) is 12.3. The minimum atomic E-state index is -0.656. The summed E-state index contributed by atoms with van der Waals surface area (Å²) in [6, 6.07) is 4.68. The largest absolute Gasteiger partial charge is 0.330 e. The summed E-state index contributed by atoms with van der Waals surface area (Å²) in [6.07, 6.45) is -0.000509. The van der Waals surface area contributed by atoms with Crippen molar-refractivity contribution < 1.29 is 9.18 Å². The first kappa shape index (κ1) is 16.6. The van der Waals surface area contributed by atoms with Crippen LogP contribution >= 0.6 is 22.6 Å². The van der Waals surface area contributed by atoms with Crippen molar-refractivity contribution in [3.05, 3.63) is 65.2 Å². The van der Waals surface area contributed by atoms with Crippen LogP contribution in [0.3, 0.4) is 0 Å². The predicted octanol–water partition coefficient (Wildman–Crippen LogP) is 1.62. The molecule has 7 heteroatoms. The van der Waals surface area contributed by atoms with Gasteiger partial charge in [-0.15, -0.1) is 0 Å². The lowest BCUT2D eigenvalue weighted by Crippen LogP contribution is -2.42. The molecule has 0 aliphatic rings. The van der Waals surface area contributed by atoms with Crippen molar-refractivity contribution in [3.63, 3.8) is 0 Å². The first-order valence-electron chi connectivity index (χ1n) is 6.47. The second-order valence-corrected chi connectivity index (χ2v) is 6.24. The lowest BCUT2D eigenvalue weighted by molar-refractivity contribution is 0.101. The van der Waals surface area contributed by atoms with Crippen molar-refractivity contribution in [3.8, 4) is 0 Å². The van der Waals surface area contributed by atoms with Crippen molar-refractivity contribution >= 4 is 28.4 Å². The third-order valence-electron chi connectivity index (χ3n) is 3.51. The van der Waals surface area contributed by atoms with Crippen LogP contribution in [0.2, 0.25) is 0 Å². The molecule has 1 aromatic carbocycles. The molecule has 1 heterocycles. The van der Waals surface area contributed by atoms with Crippen LogP contribution in [-0.2, 0) is 20.5 Å². The average Bonchev–Trinajstić information content (AvgIpc) is 2.44. The maximum absolute atomic E-state index is 14.0. The number of aromatic nitrogens is 2. The summed E-state index contributed by atoms with van der Waals surface area (Å²) in [7, 11) is 2.78. The van der Waals surface area contributed by atoms with Crippen LogP contribution in [0.25, 0.3) is 0 Å². The van der Waals surface area contributed by atoms with E-state index in [2.05, 4.69) is 0 Å². The minimum absolute atomic E-state index is 0.000509. The van der Waals surface area contributed by atoms with Gasteiger partial charge in [-0.2, -0.15) is 0 Å². The fourth-order valence-electron chi connectivity index (χ4n) is 2.29. The van der Waals surface area contributed by atoms with Crippen molar-refractivity contribution in [1.82, 2.24) is 9.13 Å². The highest BCUT2D eigenvalue weighted by molar-refractivity contribution is 14.1. The fourth-order valence-corrected chi connectivity index (χ4v) is 2.75. The lowest BCUT2D eigenvalue weighted by atomic mass is 10.0. The van der Waals surface area contributed by atoms with Gasteiger partial charge in [-0.05, 0) is 47.2 Å². The first-order valence-corrected chi connectivity index (χ1v) is 7.55. The van der Waals surface area contributed by atoms with Crippen LogP contribution in [0, 0.1) is 9.39 Å². The zero-order chi connectivity index (χ0) is 16.6. The molecule has 5 nitrogen and oxygen atoms in total. The number of carbonyl (C=O) groups is 1. The molecule has 0 unspecified atom stereocenters. The van der Waals surface area contributed by atoms with E-state index in [-0.39, 0.29) is 17.7 Å². The molecule has 2 rings (SSSR count). The van der Waals surface area contributed by atoms with Gasteiger partial charge in [-0.25, -0.2) is 9.18 Å². The Morgan fingerprint density at radius 2 is 1.86 bits per heavy atom. The third kappa shape index (κ3) is 2.90. The molecule has 0 atom stereocenters.